The van der Waals surface area contributed by atoms with E-state index in [1.54, 1.807) is 24.3 Å². The predicted octanol–water partition coefficient (Wildman–Crippen LogP) is 3.93. The highest BCUT2D eigenvalue weighted by molar-refractivity contribution is 7.89. The monoisotopic (exact) mass is 486 g/mol. The molecule has 0 unspecified atom stereocenters. The van der Waals surface area contributed by atoms with Crippen LogP contribution in [-0.4, -0.2) is 47.6 Å². The van der Waals surface area contributed by atoms with Gasteiger partial charge in [0.25, 0.3) is 11.8 Å². The van der Waals surface area contributed by atoms with E-state index in [4.69, 9.17) is 0 Å². The maximum absolute atomic E-state index is 13.3. The summed E-state index contributed by atoms with van der Waals surface area (Å²) in [5.74, 6) is 0.251. The van der Waals surface area contributed by atoms with Gasteiger partial charge in [-0.1, -0.05) is 24.3 Å². The zero-order valence-corrected chi connectivity index (χ0v) is 19.5. The molecule has 0 atom stereocenters. The van der Waals surface area contributed by atoms with Crippen LogP contribution in [0.2, 0.25) is 0 Å². The number of nitrogens with one attached hydrogen (secondary N) is 1. The number of para-hydroxylation sites is 2. The van der Waals surface area contributed by atoms with Crippen LogP contribution in [0.25, 0.3) is 11.0 Å². The van der Waals surface area contributed by atoms with Crippen LogP contribution < -0.4 is 4.90 Å². The van der Waals surface area contributed by atoms with Crippen molar-refractivity contribution in [1.29, 1.82) is 0 Å². The van der Waals surface area contributed by atoms with Gasteiger partial charge >= 0.3 is 0 Å². The molecule has 0 saturated carbocycles. The summed E-state index contributed by atoms with van der Waals surface area (Å²) in [6, 6.07) is 20.4. The molecule has 1 aromatic heterocycles. The van der Waals surface area contributed by atoms with Crippen LogP contribution in [0.1, 0.15) is 45.3 Å². The lowest BCUT2D eigenvalue weighted by Gasteiger charge is -2.30. The Morgan fingerprint density at radius 1 is 0.800 bits per heavy atom. The maximum atomic E-state index is 13.3. The Hall–Kier alpha value is -3.82. The molecule has 8 nitrogen and oxygen atoms in total. The Labute approximate surface area is 202 Å². The number of H-pyrrole nitrogens is 1. The third kappa shape index (κ3) is 3.55. The number of carbonyl (C=O) groups excluding carboxylic acids is 2. The van der Waals surface area contributed by atoms with Crippen molar-refractivity contribution in [3.8, 4) is 0 Å². The molecular formula is C26H22N4O4S. The second-order valence-electron chi connectivity index (χ2n) is 8.80. The Kier molecular flexibility index (Phi) is 5.05. The van der Waals surface area contributed by atoms with E-state index in [0.717, 1.165) is 21.8 Å². The van der Waals surface area contributed by atoms with Crippen molar-refractivity contribution < 1.29 is 18.0 Å². The molecule has 35 heavy (non-hydrogen) atoms. The number of benzene rings is 3. The number of amides is 2. The first-order valence-electron chi connectivity index (χ1n) is 11.5. The van der Waals surface area contributed by atoms with Gasteiger partial charge in [0.1, 0.15) is 5.82 Å². The summed E-state index contributed by atoms with van der Waals surface area (Å²) < 4.78 is 28.0. The number of imide groups is 1. The predicted molar refractivity (Wildman–Crippen MR) is 131 cm³/mol. The van der Waals surface area contributed by atoms with E-state index in [1.165, 1.54) is 28.6 Å². The third-order valence-corrected chi connectivity index (χ3v) is 8.69. The van der Waals surface area contributed by atoms with Crippen molar-refractivity contribution in [2.75, 3.05) is 18.0 Å². The third-order valence-electron chi connectivity index (χ3n) is 6.78. The van der Waals surface area contributed by atoms with Crippen LogP contribution in [0.15, 0.2) is 77.7 Å². The number of nitrogens with zero attached hydrogens (tertiary/aromatic N) is 3. The van der Waals surface area contributed by atoms with E-state index in [0.29, 0.717) is 42.7 Å². The van der Waals surface area contributed by atoms with Gasteiger partial charge in [0.15, 0.2) is 0 Å². The first-order valence-corrected chi connectivity index (χ1v) is 12.9. The molecule has 1 saturated heterocycles. The maximum Gasteiger partial charge on any atom is 0.266 e. The molecule has 3 aromatic carbocycles. The molecule has 4 aromatic rings. The van der Waals surface area contributed by atoms with Gasteiger partial charge < -0.3 is 4.98 Å². The second kappa shape index (κ2) is 8.14. The SMILES string of the molecule is O=C1c2ccccc2C(=O)N1c1ccc(S(=O)(=O)N2CCC(c3nc4ccccc4[nH]3)CC2)cc1. The van der Waals surface area contributed by atoms with Crippen molar-refractivity contribution in [2.24, 2.45) is 0 Å². The summed E-state index contributed by atoms with van der Waals surface area (Å²) in [5, 5.41) is 0. The molecule has 2 aliphatic heterocycles. The van der Waals surface area contributed by atoms with Crippen LogP contribution >= 0.6 is 0 Å². The average Bonchev–Trinajstić information content (AvgIpc) is 3.43. The summed E-state index contributed by atoms with van der Waals surface area (Å²) in [4.78, 5) is 34.7. The van der Waals surface area contributed by atoms with Gasteiger partial charge in [0.2, 0.25) is 10.0 Å². The van der Waals surface area contributed by atoms with Crippen molar-refractivity contribution in [3.05, 3.63) is 89.7 Å². The molecule has 0 bridgehead atoms. The number of aromatic nitrogens is 2. The van der Waals surface area contributed by atoms with E-state index in [1.807, 2.05) is 24.3 Å². The zero-order chi connectivity index (χ0) is 24.2. The Balaban J connectivity index is 1.17. The second-order valence-corrected chi connectivity index (χ2v) is 10.7. The summed E-state index contributed by atoms with van der Waals surface area (Å²) in [6.45, 7) is 0.786. The van der Waals surface area contributed by atoms with Gasteiger partial charge in [-0.15, -0.1) is 0 Å². The van der Waals surface area contributed by atoms with E-state index >= 15 is 0 Å². The minimum Gasteiger partial charge on any atom is -0.342 e. The largest absolute Gasteiger partial charge is 0.342 e. The standard InChI is InChI=1S/C26H22N4O4S/c31-25-20-5-1-2-6-21(20)26(32)30(25)18-9-11-19(12-10-18)35(33,34)29-15-13-17(14-16-29)24-27-22-7-3-4-8-23(22)28-24/h1-12,17H,13-16H2,(H,27,28). The quantitative estimate of drug-likeness (QED) is 0.440. The lowest BCUT2D eigenvalue weighted by Crippen LogP contribution is -2.38. The molecule has 2 aliphatic rings. The van der Waals surface area contributed by atoms with E-state index in [-0.39, 0.29) is 10.8 Å². The Morgan fingerprint density at radius 3 is 2.03 bits per heavy atom. The number of anilines is 1. The van der Waals surface area contributed by atoms with E-state index in [9.17, 15) is 18.0 Å². The summed E-state index contributed by atoms with van der Waals surface area (Å²) in [5.41, 5.74) is 2.94. The number of piperidine rings is 1. The number of hydrogen-bond acceptors (Lipinski definition) is 5. The minimum absolute atomic E-state index is 0.139. The molecule has 9 heteroatoms. The first-order chi connectivity index (χ1) is 16.9. The van der Waals surface area contributed by atoms with Gasteiger partial charge in [-0.2, -0.15) is 4.31 Å². The van der Waals surface area contributed by atoms with Gasteiger partial charge in [-0.3, -0.25) is 9.59 Å². The topological polar surface area (TPSA) is 103 Å². The van der Waals surface area contributed by atoms with Gasteiger partial charge in [-0.25, -0.2) is 18.3 Å². The van der Waals surface area contributed by atoms with Crippen molar-refractivity contribution in [1.82, 2.24) is 14.3 Å². The van der Waals surface area contributed by atoms with Crippen LogP contribution in [-0.2, 0) is 10.0 Å². The van der Waals surface area contributed by atoms with Crippen molar-refractivity contribution >= 4 is 38.6 Å². The zero-order valence-electron chi connectivity index (χ0n) is 18.7. The minimum atomic E-state index is -3.70. The molecule has 1 fully saturated rings. The molecule has 6 rings (SSSR count). The molecular weight excluding hydrogens is 464 g/mol. The number of hydrogen-bond donors (Lipinski definition) is 1. The molecule has 2 amide bonds. The smallest absolute Gasteiger partial charge is 0.266 e. The molecule has 0 spiro atoms. The number of fused-ring (bicyclic) bond motifs is 2. The molecule has 0 radical (unpaired) electrons. The summed E-state index contributed by atoms with van der Waals surface area (Å²) in [7, 11) is -3.70. The van der Waals surface area contributed by atoms with Gasteiger partial charge in [0, 0.05) is 19.0 Å². The number of imidazole rings is 1. The van der Waals surface area contributed by atoms with Gasteiger partial charge in [0.05, 0.1) is 32.7 Å². The van der Waals surface area contributed by atoms with Crippen LogP contribution in [0.4, 0.5) is 5.69 Å². The van der Waals surface area contributed by atoms with Crippen LogP contribution in [0, 0.1) is 0 Å². The van der Waals surface area contributed by atoms with Crippen LogP contribution in [0.5, 0.6) is 0 Å². The number of sulfonamides is 1. The molecule has 176 valence electrons. The lowest BCUT2D eigenvalue weighted by molar-refractivity contribution is 0.0926. The molecule has 1 N–H and O–H groups in total. The normalized spacial score (nSPS) is 17.3. The molecule has 3 heterocycles. The lowest BCUT2D eigenvalue weighted by atomic mass is 9.97. The van der Waals surface area contributed by atoms with E-state index in [2.05, 4.69) is 9.97 Å². The van der Waals surface area contributed by atoms with Crippen molar-refractivity contribution in [3.63, 3.8) is 0 Å². The number of aromatic amines is 1. The summed E-state index contributed by atoms with van der Waals surface area (Å²) >= 11 is 0. The highest BCUT2D eigenvalue weighted by Gasteiger charge is 2.37. The van der Waals surface area contributed by atoms with Crippen LogP contribution in [0.3, 0.4) is 0 Å². The van der Waals surface area contributed by atoms with E-state index < -0.39 is 21.8 Å². The molecule has 0 aliphatic carbocycles. The first kappa shape index (κ1) is 21.7. The fourth-order valence-corrected chi connectivity index (χ4v) is 6.35. The van der Waals surface area contributed by atoms with Crippen molar-refractivity contribution in [2.45, 2.75) is 23.7 Å². The Bertz CT molecular complexity index is 1500. The fraction of sp³-hybridized carbons (Fsp3) is 0.192. The average molecular weight is 487 g/mol. The van der Waals surface area contributed by atoms with Gasteiger partial charge in [-0.05, 0) is 61.4 Å². The number of rotatable bonds is 4. The summed E-state index contributed by atoms with van der Waals surface area (Å²) in [6.07, 6.45) is 1.35. The highest BCUT2D eigenvalue weighted by Crippen LogP contribution is 2.32. The number of carbonyl (C=O) groups is 2. The fourth-order valence-electron chi connectivity index (χ4n) is 4.88. The Morgan fingerprint density at radius 2 is 1.40 bits per heavy atom. The highest BCUT2D eigenvalue weighted by atomic mass is 32.2.